The summed E-state index contributed by atoms with van der Waals surface area (Å²) >= 11 is 5.91. The van der Waals surface area contributed by atoms with E-state index in [2.05, 4.69) is 5.16 Å². The van der Waals surface area contributed by atoms with Crippen LogP contribution in [0, 0.1) is 5.21 Å². The Morgan fingerprint density at radius 3 is 2.08 bits per heavy atom. The lowest BCUT2D eigenvalue weighted by Crippen LogP contribution is -2.25. The largest absolute Gasteiger partial charge is 0.493 e. The molecule has 0 saturated heterocycles. The van der Waals surface area contributed by atoms with Crippen LogP contribution in [0.4, 0.5) is 0 Å². The average Bonchev–Trinajstić information content (AvgIpc) is 3.02. The van der Waals surface area contributed by atoms with Crippen LogP contribution in [0.15, 0.2) is 41.0 Å². The fourth-order valence-electron chi connectivity index (χ4n) is 2.51. The van der Waals surface area contributed by atoms with Crippen molar-refractivity contribution < 1.29 is 23.7 Å². The molecule has 25 heavy (non-hydrogen) atoms. The maximum absolute atomic E-state index is 12.1. The van der Waals surface area contributed by atoms with Gasteiger partial charge in [-0.25, -0.2) is 0 Å². The first-order chi connectivity index (χ1) is 12.1. The Kier molecular flexibility index (Phi) is 4.67. The molecule has 130 valence electrons. The monoisotopic (exact) mass is 362 g/mol. The fraction of sp³-hybridized carbons (Fsp3) is 0.176. The standard InChI is InChI=1S/C17H15ClN2O5/c1-22-13-8-11(9-14(23-2)17(13)24-3)15-16(20(21)25-19-15)10-4-6-12(18)7-5-10/h4-9H,1-3H3. The molecule has 0 aliphatic rings. The molecule has 1 heterocycles. The molecule has 0 aliphatic heterocycles. The first kappa shape index (κ1) is 16.9. The van der Waals surface area contributed by atoms with Crippen molar-refractivity contribution in [2.75, 3.05) is 21.3 Å². The van der Waals surface area contributed by atoms with Gasteiger partial charge in [0.05, 0.1) is 21.3 Å². The highest BCUT2D eigenvalue weighted by atomic mass is 35.5. The summed E-state index contributed by atoms with van der Waals surface area (Å²) in [5.74, 6) is 1.33. The lowest BCUT2D eigenvalue weighted by atomic mass is 10.0. The number of aromatic nitrogens is 2. The zero-order valence-corrected chi connectivity index (χ0v) is 14.5. The number of benzene rings is 2. The first-order valence-electron chi connectivity index (χ1n) is 7.25. The molecular weight excluding hydrogens is 348 g/mol. The number of hydrogen-bond donors (Lipinski definition) is 0. The number of ether oxygens (including phenoxy) is 3. The summed E-state index contributed by atoms with van der Waals surface area (Å²) in [4.78, 5) is 0.349. The molecule has 0 amide bonds. The van der Waals surface area contributed by atoms with E-state index in [9.17, 15) is 5.21 Å². The van der Waals surface area contributed by atoms with Crippen molar-refractivity contribution in [3.05, 3.63) is 46.6 Å². The van der Waals surface area contributed by atoms with Gasteiger partial charge in [-0.2, -0.15) is 0 Å². The third-order valence-corrected chi connectivity index (χ3v) is 3.92. The third-order valence-electron chi connectivity index (χ3n) is 3.67. The van der Waals surface area contributed by atoms with E-state index in [4.69, 9.17) is 30.4 Å². The second-order valence-electron chi connectivity index (χ2n) is 5.05. The van der Waals surface area contributed by atoms with Gasteiger partial charge >= 0.3 is 0 Å². The SMILES string of the molecule is COc1cc(-c2no[n+]([O-])c2-c2ccc(Cl)cc2)cc(OC)c1OC. The van der Waals surface area contributed by atoms with Crippen LogP contribution in [0.2, 0.25) is 5.02 Å². The van der Waals surface area contributed by atoms with E-state index < -0.39 is 0 Å². The molecular formula is C17H15ClN2O5. The van der Waals surface area contributed by atoms with Crippen molar-refractivity contribution in [2.24, 2.45) is 0 Å². The molecule has 1 aromatic heterocycles. The Morgan fingerprint density at radius 1 is 0.960 bits per heavy atom. The van der Waals surface area contributed by atoms with E-state index in [0.717, 1.165) is 0 Å². The van der Waals surface area contributed by atoms with Gasteiger partial charge in [0.15, 0.2) is 11.5 Å². The minimum absolute atomic E-state index is 0.255. The summed E-state index contributed by atoms with van der Waals surface area (Å²) in [6, 6.07) is 10.2. The van der Waals surface area contributed by atoms with Crippen molar-refractivity contribution in [3.63, 3.8) is 0 Å². The molecule has 0 saturated carbocycles. The summed E-state index contributed by atoms with van der Waals surface area (Å²) in [5, 5.41) is 16.5. The Morgan fingerprint density at radius 2 is 1.56 bits per heavy atom. The van der Waals surface area contributed by atoms with Crippen LogP contribution in [0.5, 0.6) is 17.2 Å². The molecule has 0 radical (unpaired) electrons. The van der Waals surface area contributed by atoms with E-state index in [-0.39, 0.29) is 5.69 Å². The predicted octanol–water partition coefficient (Wildman–Crippen LogP) is 3.32. The van der Waals surface area contributed by atoms with Gasteiger partial charge in [0, 0.05) is 21.3 Å². The van der Waals surface area contributed by atoms with E-state index in [1.165, 1.54) is 21.3 Å². The second-order valence-corrected chi connectivity index (χ2v) is 5.48. The van der Waals surface area contributed by atoms with E-state index in [1.54, 1.807) is 36.4 Å². The Bertz CT molecular complexity index is 868. The molecule has 0 atom stereocenters. The molecule has 0 unspecified atom stereocenters. The topological polar surface area (TPSA) is 80.7 Å². The van der Waals surface area contributed by atoms with Crippen LogP contribution in [0.1, 0.15) is 0 Å². The number of methoxy groups -OCH3 is 3. The molecule has 8 heteroatoms. The smallest absolute Gasteiger partial charge is 0.256 e. The quantitative estimate of drug-likeness (QED) is 0.648. The van der Waals surface area contributed by atoms with Crippen molar-refractivity contribution in [2.45, 2.75) is 0 Å². The number of halogens is 1. The molecule has 0 N–H and O–H groups in total. The van der Waals surface area contributed by atoms with Gasteiger partial charge in [-0.15, -0.1) is 0 Å². The number of nitrogens with zero attached hydrogens (tertiary/aromatic N) is 2. The molecule has 0 bridgehead atoms. The van der Waals surface area contributed by atoms with Gasteiger partial charge in [-0.05, 0) is 41.3 Å². The maximum atomic E-state index is 12.1. The van der Waals surface area contributed by atoms with Crippen LogP contribution in [-0.4, -0.2) is 26.5 Å². The molecule has 0 aliphatic carbocycles. The van der Waals surface area contributed by atoms with Crippen LogP contribution < -0.4 is 19.1 Å². The van der Waals surface area contributed by atoms with Crippen LogP contribution >= 0.6 is 11.6 Å². The molecule has 3 aromatic rings. The molecule has 2 aromatic carbocycles. The van der Waals surface area contributed by atoms with Gasteiger partial charge in [-0.1, -0.05) is 11.6 Å². The maximum Gasteiger partial charge on any atom is 0.256 e. The minimum atomic E-state index is 0.255. The first-order valence-corrected chi connectivity index (χ1v) is 7.63. The van der Waals surface area contributed by atoms with Gasteiger partial charge in [0.1, 0.15) is 0 Å². The van der Waals surface area contributed by atoms with Crippen molar-refractivity contribution >= 4 is 11.6 Å². The number of hydrogen-bond acceptors (Lipinski definition) is 6. The lowest BCUT2D eigenvalue weighted by molar-refractivity contribution is -0.793. The zero-order valence-electron chi connectivity index (χ0n) is 13.8. The van der Waals surface area contributed by atoms with E-state index in [0.29, 0.717) is 44.0 Å². The Hall–Kier alpha value is -2.93. The third kappa shape index (κ3) is 3.06. The molecule has 3 rings (SSSR count). The van der Waals surface area contributed by atoms with Crippen molar-refractivity contribution in [3.8, 4) is 39.8 Å². The van der Waals surface area contributed by atoms with Gasteiger partial charge in [0.25, 0.3) is 5.69 Å². The molecule has 7 nitrogen and oxygen atoms in total. The molecule has 0 fully saturated rings. The normalized spacial score (nSPS) is 10.6. The van der Waals surface area contributed by atoms with Crippen LogP contribution in [0.3, 0.4) is 0 Å². The Balaban J connectivity index is 2.19. The predicted molar refractivity (Wildman–Crippen MR) is 91.0 cm³/mol. The summed E-state index contributed by atoms with van der Waals surface area (Å²) in [6.45, 7) is 0. The second kappa shape index (κ2) is 6.90. The fourth-order valence-corrected chi connectivity index (χ4v) is 2.63. The van der Waals surface area contributed by atoms with Crippen molar-refractivity contribution in [1.29, 1.82) is 0 Å². The summed E-state index contributed by atoms with van der Waals surface area (Å²) in [7, 11) is 4.54. The van der Waals surface area contributed by atoms with Gasteiger partial charge in [0.2, 0.25) is 11.4 Å². The van der Waals surface area contributed by atoms with Crippen LogP contribution in [-0.2, 0) is 0 Å². The minimum Gasteiger partial charge on any atom is -0.493 e. The molecule has 0 spiro atoms. The van der Waals surface area contributed by atoms with Crippen molar-refractivity contribution in [1.82, 2.24) is 5.16 Å². The average molecular weight is 363 g/mol. The van der Waals surface area contributed by atoms with E-state index >= 15 is 0 Å². The summed E-state index contributed by atoms with van der Waals surface area (Å²) < 4.78 is 20.8. The number of rotatable bonds is 5. The van der Waals surface area contributed by atoms with Gasteiger partial charge < -0.3 is 19.4 Å². The summed E-state index contributed by atoms with van der Waals surface area (Å²) in [5.41, 5.74) is 1.80. The lowest BCUT2D eigenvalue weighted by Gasteiger charge is -2.12. The van der Waals surface area contributed by atoms with Gasteiger partial charge in [-0.3, -0.25) is 4.63 Å². The zero-order chi connectivity index (χ0) is 18.0. The van der Waals surface area contributed by atoms with Crippen LogP contribution in [0.25, 0.3) is 22.5 Å². The highest BCUT2D eigenvalue weighted by Crippen LogP contribution is 2.42. The highest BCUT2D eigenvalue weighted by Gasteiger charge is 2.25. The van der Waals surface area contributed by atoms with E-state index in [1.807, 2.05) is 0 Å². The Labute approximate surface area is 148 Å². The highest BCUT2D eigenvalue weighted by molar-refractivity contribution is 6.30. The summed E-state index contributed by atoms with van der Waals surface area (Å²) in [6.07, 6.45) is 0.